The third-order valence-electron chi connectivity index (χ3n) is 1.93. The molecule has 1 aromatic rings. The Balaban J connectivity index is 2.30. The van der Waals surface area contributed by atoms with E-state index in [1.807, 2.05) is 12.2 Å². The van der Waals surface area contributed by atoms with Crippen molar-refractivity contribution >= 4 is 23.6 Å². The van der Waals surface area contributed by atoms with E-state index in [2.05, 4.69) is 15.2 Å². The van der Waals surface area contributed by atoms with Gasteiger partial charge in [-0.05, 0) is 6.92 Å². The van der Waals surface area contributed by atoms with E-state index in [0.29, 0.717) is 12.2 Å². The summed E-state index contributed by atoms with van der Waals surface area (Å²) in [4.78, 5) is 32.7. The monoisotopic (exact) mass is 270 g/mol. The zero-order chi connectivity index (χ0) is 14.3. The minimum Gasteiger partial charge on any atom is -0.480 e. The van der Waals surface area contributed by atoms with Crippen LogP contribution in [0.4, 0.5) is 10.5 Å². The number of carbonyl (C=O) groups excluding carboxylic acids is 2. The average Bonchev–Trinajstić information content (AvgIpc) is 2.75. The van der Waals surface area contributed by atoms with E-state index in [9.17, 15) is 14.4 Å². The Kier molecular flexibility index (Phi) is 5.48. The minimum absolute atomic E-state index is 0.443. The van der Waals surface area contributed by atoms with Crippen LogP contribution in [0.3, 0.4) is 0 Å². The highest BCUT2D eigenvalue weighted by atomic mass is 16.5. The zero-order valence-corrected chi connectivity index (χ0v) is 10.3. The molecule has 1 aromatic heterocycles. The summed E-state index contributed by atoms with van der Waals surface area (Å²) in [6.45, 7) is 1.44. The lowest BCUT2D eigenvalue weighted by Crippen LogP contribution is -2.37. The van der Waals surface area contributed by atoms with E-state index >= 15 is 0 Å². The molecule has 0 aromatic carbocycles. The number of aromatic nitrogens is 2. The van der Waals surface area contributed by atoms with Crippen LogP contribution in [0.25, 0.3) is 0 Å². The van der Waals surface area contributed by atoms with Crippen molar-refractivity contribution in [3.05, 3.63) is 12.4 Å². The lowest BCUT2D eigenvalue weighted by Gasteiger charge is -2.04. The summed E-state index contributed by atoms with van der Waals surface area (Å²) in [6, 6.07) is -0.737. The Labute approximate surface area is 108 Å². The number of anilines is 1. The van der Waals surface area contributed by atoms with Crippen molar-refractivity contribution in [3.63, 3.8) is 0 Å². The number of nitrogens with zero attached hydrogens (tertiary/aromatic N) is 2. The molecule has 9 nitrogen and oxygen atoms in total. The van der Waals surface area contributed by atoms with Crippen LogP contribution in [0.1, 0.15) is 6.92 Å². The molecule has 0 radical (unpaired) electrons. The highest BCUT2D eigenvalue weighted by molar-refractivity contribution is 6.01. The van der Waals surface area contributed by atoms with Gasteiger partial charge in [0.25, 0.3) is 5.91 Å². The number of ether oxygens (including phenoxy) is 1. The predicted molar refractivity (Wildman–Crippen MR) is 63.5 cm³/mol. The Hall–Kier alpha value is -2.42. The summed E-state index contributed by atoms with van der Waals surface area (Å²) in [7, 11) is 0. The van der Waals surface area contributed by atoms with Crippen LogP contribution in [0.15, 0.2) is 12.4 Å². The molecule has 0 aliphatic heterocycles. The third-order valence-corrected chi connectivity index (χ3v) is 1.93. The second kappa shape index (κ2) is 7.11. The number of aliphatic carboxylic acids is 1. The van der Waals surface area contributed by atoms with Gasteiger partial charge in [-0.25, -0.2) is 9.59 Å². The van der Waals surface area contributed by atoms with Crippen LogP contribution in [0, 0.1) is 0 Å². The number of imide groups is 1. The molecule has 1 rings (SSSR count). The van der Waals surface area contributed by atoms with E-state index in [1.165, 1.54) is 6.20 Å². The molecule has 3 amide bonds. The Bertz CT molecular complexity index is 470. The lowest BCUT2D eigenvalue weighted by atomic mass is 10.5. The maximum Gasteiger partial charge on any atom is 0.329 e. The van der Waals surface area contributed by atoms with Crippen molar-refractivity contribution in [1.82, 2.24) is 15.1 Å². The van der Waals surface area contributed by atoms with E-state index in [0.717, 1.165) is 0 Å². The molecule has 0 unspecified atom stereocenters. The number of nitrogens with one attached hydrogen (secondary N) is 2. The molecule has 0 aliphatic rings. The molecule has 0 bridgehead atoms. The van der Waals surface area contributed by atoms with Gasteiger partial charge in [-0.15, -0.1) is 0 Å². The van der Waals surface area contributed by atoms with Crippen molar-refractivity contribution in [1.29, 1.82) is 0 Å². The fraction of sp³-hybridized carbons (Fsp3) is 0.400. The van der Waals surface area contributed by atoms with Crippen LogP contribution in [-0.2, 0) is 20.9 Å². The van der Waals surface area contributed by atoms with Crippen molar-refractivity contribution in [2.24, 2.45) is 0 Å². The maximum atomic E-state index is 11.4. The Morgan fingerprint density at radius 2 is 2.16 bits per heavy atom. The van der Waals surface area contributed by atoms with Gasteiger partial charge in [0.15, 0.2) is 0 Å². The van der Waals surface area contributed by atoms with Gasteiger partial charge in [-0.1, -0.05) is 0 Å². The standard InChI is InChI=1S/C10H14N4O5/c1-2-14-4-7(3-11-14)12-10(18)13-8(15)5-19-6-9(16)17/h3-4H,2,5-6H2,1H3,(H,16,17)(H2,12,13,15,18). The minimum atomic E-state index is -1.19. The van der Waals surface area contributed by atoms with Gasteiger partial charge < -0.3 is 15.2 Å². The zero-order valence-electron chi connectivity index (χ0n) is 10.3. The fourth-order valence-electron chi connectivity index (χ4n) is 1.16. The van der Waals surface area contributed by atoms with Crippen molar-refractivity contribution in [2.75, 3.05) is 18.5 Å². The predicted octanol–water partition coefficient (Wildman–Crippen LogP) is -0.348. The molecule has 9 heteroatoms. The van der Waals surface area contributed by atoms with Gasteiger partial charge in [0, 0.05) is 12.7 Å². The summed E-state index contributed by atoms with van der Waals surface area (Å²) in [5.41, 5.74) is 0.443. The topological polar surface area (TPSA) is 123 Å². The number of aryl methyl sites for hydroxylation is 1. The molecule has 0 fully saturated rings. The molecule has 0 spiro atoms. The highest BCUT2D eigenvalue weighted by Gasteiger charge is 2.09. The molecule has 3 N–H and O–H groups in total. The number of rotatable bonds is 6. The third kappa shape index (κ3) is 5.64. The number of hydrogen-bond acceptors (Lipinski definition) is 5. The molecule has 19 heavy (non-hydrogen) atoms. The molecule has 1 heterocycles. The Morgan fingerprint density at radius 1 is 1.42 bits per heavy atom. The van der Waals surface area contributed by atoms with Gasteiger partial charge in [-0.3, -0.25) is 14.8 Å². The van der Waals surface area contributed by atoms with Gasteiger partial charge >= 0.3 is 12.0 Å². The summed E-state index contributed by atoms with van der Waals surface area (Å²) in [6.07, 6.45) is 3.04. The van der Waals surface area contributed by atoms with Gasteiger partial charge in [-0.2, -0.15) is 5.10 Å². The summed E-state index contributed by atoms with van der Waals surface area (Å²) in [5, 5.41) is 16.6. The van der Waals surface area contributed by atoms with Crippen LogP contribution in [0.2, 0.25) is 0 Å². The normalized spacial score (nSPS) is 9.95. The van der Waals surface area contributed by atoms with E-state index in [4.69, 9.17) is 5.11 Å². The number of carbonyl (C=O) groups is 3. The van der Waals surface area contributed by atoms with Gasteiger partial charge in [0.2, 0.25) is 0 Å². The lowest BCUT2D eigenvalue weighted by molar-refractivity contribution is -0.143. The number of carboxylic acid groups (broad SMARTS) is 1. The first-order valence-electron chi connectivity index (χ1n) is 5.44. The molecule has 104 valence electrons. The molecular weight excluding hydrogens is 256 g/mol. The maximum absolute atomic E-state index is 11.4. The van der Waals surface area contributed by atoms with Crippen LogP contribution in [0.5, 0.6) is 0 Å². The number of urea groups is 1. The second-order valence-electron chi connectivity index (χ2n) is 3.47. The number of amides is 3. The average molecular weight is 270 g/mol. The molecule has 0 saturated carbocycles. The van der Waals surface area contributed by atoms with Crippen molar-refractivity contribution in [3.8, 4) is 0 Å². The smallest absolute Gasteiger partial charge is 0.329 e. The van der Waals surface area contributed by atoms with Crippen LogP contribution < -0.4 is 10.6 Å². The molecule has 0 atom stereocenters. The van der Waals surface area contributed by atoms with Gasteiger partial charge in [0.05, 0.1) is 11.9 Å². The van der Waals surface area contributed by atoms with Gasteiger partial charge in [0.1, 0.15) is 13.2 Å². The summed E-state index contributed by atoms with van der Waals surface area (Å²) in [5.74, 6) is -1.93. The molecular formula is C10H14N4O5. The van der Waals surface area contributed by atoms with Crippen molar-refractivity contribution < 1.29 is 24.2 Å². The summed E-state index contributed by atoms with van der Waals surface area (Å²) >= 11 is 0. The molecule has 0 saturated heterocycles. The first-order valence-corrected chi connectivity index (χ1v) is 5.44. The first-order chi connectivity index (χ1) is 9.01. The first kappa shape index (κ1) is 14.6. The number of carboxylic acids is 1. The Morgan fingerprint density at radius 3 is 2.74 bits per heavy atom. The van der Waals surface area contributed by atoms with Crippen LogP contribution >= 0.6 is 0 Å². The van der Waals surface area contributed by atoms with Crippen LogP contribution in [-0.4, -0.2) is 46.0 Å². The molecule has 0 aliphatic carbocycles. The summed E-state index contributed by atoms with van der Waals surface area (Å²) < 4.78 is 6.13. The second-order valence-corrected chi connectivity index (χ2v) is 3.47. The van der Waals surface area contributed by atoms with E-state index in [1.54, 1.807) is 10.9 Å². The highest BCUT2D eigenvalue weighted by Crippen LogP contribution is 2.03. The SMILES string of the molecule is CCn1cc(NC(=O)NC(=O)COCC(=O)O)cn1. The largest absolute Gasteiger partial charge is 0.480 e. The quantitative estimate of drug-likeness (QED) is 0.649. The fourth-order valence-corrected chi connectivity index (χ4v) is 1.16. The van der Waals surface area contributed by atoms with E-state index in [-0.39, 0.29) is 0 Å². The van der Waals surface area contributed by atoms with E-state index < -0.39 is 31.1 Å². The van der Waals surface area contributed by atoms with Crippen molar-refractivity contribution in [2.45, 2.75) is 13.5 Å². The number of hydrogen-bond donors (Lipinski definition) is 3.